The van der Waals surface area contributed by atoms with E-state index in [1.54, 1.807) is 16.9 Å². The highest BCUT2D eigenvalue weighted by Gasteiger charge is 2.50. The van der Waals surface area contributed by atoms with Gasteiger partial charge in [0, 0.05) is 13.1 Å². The summed E-state index contributed by atoms with van der Waals surface area (Å²) >= 11 is 0. The number of piperazine rings is 1. The molecule has 6 heteroatoms. The van der Waals surface area contributed by atoms with Crippen LogP contribution in [0.1, 0.15) is 36.0 Å². The van der Waals surface area contributed by atoms with Crippen molar-refractivity contribution in [3.63, 3.8) is 0 Å². The predicted molar refractivity (Wildman–Crippen MR) is 137 cm³/mol. The molecule has 0 N–H and O–H groups in total. The van der Waals surface area contributed by atoms with Crippen LogP contribution < -0.4 is 4.74 Å². The van der Waals surface area contributed by atoms with Crippen LogP contribution in [0.5, 0.6) is 5.75 Å². The van der Waals surface area contributed by atoms with E-state index in [0.717, 1.165) is 35.3 Å². The molecule has 3 aliphatic rings. The van der Waals surface area contributed by atoms with Crippen LogP contribution in [0.15, 0.2) is 84.9 Å². The number of hydrogen-bond donors (Lipinski definition) is 0. The zero-order valence-corrected chi connectivity index (χ0v) is 20.6. The molecule has 3 aliphatic heterocycles. The summed E-state index contributed by atoms with van der Waals surface area (Å²) in [6.45, 7) is 1.19. The summed E-state index contributed by atoms with van der Waals surface area (Å²) in [6, 6.07) is 26.4. The van der Waals surface area contributed by atoms with Crippen LogP contribution in [0.4, 0.5) is 0 Å². The summed E-state index contributed by atoms with van der Waals surface area (Å²) in [4.78, 5) is 31.5. The Balaban J connectivity index is 1.45. The minimum atomic E-state index is -0.663. The van der Waals surface area contributed by atoms with E-state index in [4.69, 9.17) is 9.47 Å². The van der Waals surface area contributed by atoms with Gasteiger partial charge in [0.25, 0.3) is 0 Å². The largest absolute Gasteiger partial charge is 0.497 e. The molecule has 6 rings (SSSR count). The van der Waals surface area contributed by atoms with Gasteiger partial charge in [0.2, 0.25) is 11.8 Å². The standard InChI is InChI=1S/C30H32N2O4/c1-35-25-17-15-23(16-18-25)20-32-28-27(36-21-24-11-6-3-7-12-24)14-8-13-26(29(32)33)31(30(28)34)19-22-9-4-2-5-10-22/h2-7,9-12,15-18,26-28H,8,13-14,19-21H2,1H3/t26-,27+,28-/m0/s1. The van der Waals surface area contributed by atoms with Crippen LogP contribution in [-0.2, 0) is 34.0 Å². The van der Waals surface area contributed by atoms with Gasteiger partial charge in [-0.2, -0.15) is 0 Å². The number of ether oxygens (including phenoxy) is 2. The second kappa shape index (κ2) is 11.0. The topological polar surface area (TPSA) is 59.1 Å². The molecule has 0 aromatic heterocycles. The average Bonchev–Trinajstić information content (AvgIpc) is 2.91. The van der Waals surface area contributed by atoms with E-state index in [1.807, 2.05) is 84.9 Å². The number of fused-ring (bicyclic) bond motifs is 5. The molecule has 0 unspecified atom stereocenters. The quantitative estimate of drug-likeness (QED) is 0.470. The first-order valence-corrected chi connectivity index (χ1v) is 12.6. The van der Waals surface area contributed by atoms with E-state index in [2.05, 4.69) is 0 Å². The summed E-state index contributed by atoms with van der Waals surface area (Å²) in [5.74, 6) is 0.725. The van der Waals surface area contributed by atoms with Crippen LogP contribution in [-0.4, -0.2) is 46.9 Å². The number of rotatable bonds is 8. The highest BCUT2D eigenvalue weighted by molar-refractivity contribution is 5.97. The molecule has 186 valence electrons. The summed E-state index contributed by atoms with van der Waals surface area (Å²) in [7, 11) is 1.63. The number of carbonyl (C=O) groups is 2. The third-order valence-corrected chi connectivity index (χ3v) is 7.15. The number of benzene rings is 3. The smallest absolute Gasteiger partial charge is 0.249 e. The van der Waals surface area contributed by atoms with Crippen LogP contribution in [0.3, 0.4) is 0 Å². The van der Waals surface area contributed by atoms with E-state index >= 15 is 0 Å². The minimum Gasteiger partial charge on any atom is -0.497 e. The molecule has 0 spiro atoms. The maximum absolute atomic E-state index is 14.1. The van der Waals surface area contributed by atoms with Gasteiger partial charge < -0.3 is 19.3 Å². The summed E-state index contributed by atoms with van der Waals surface area (Å²) < 4.78 is 11.7. The van der Waals surface area contributed by atoms with Crippen molar-refractivity contribution in [1.29, 1.82) is 0 Å². The van der Waals surface area contributed by atoms with Gasteiger partial charge >= 0.3 is 0 Å². The lowest BCUT2D eigenvalue weighted by Crippen LogP contribution is -2.68. The molecule has 3 aromatic carbocycles. The first kappa shape index (κ1) is 24.1. The monoisotopic (exact) mass is 484 g/mol. The van der Waals surface area contributed by atoms with Gasteiger partial charge in [0.05, 0.1) is 19.8 Å². The summed E-state index contributed by atoms with van der Waals surface area (Å²) in [6.07, 6.45) is 1.83. The van der Waals surface area contributed by atoms with E-state index in [-0.39, 0.29) is 17.9 Å². The second-order valence-corrected chi connectivity index (χ2v) is 9.49. The lowest BCUT2D eigenvalue weighted by Gasteiger charge is -2.49. The zero-order valence-electron chi connectivity index (χ0n) is 20.6. The Kier molecular flexibility index (Phi) is 7.33. The Morgan fingerprint density at radius 3 is 2.00 bits per heavy atom. The Morgan fingerprint density at radius 2 is 1.33 bits per heavy atom. The maximum atomic E-state index is 14.1. The fourth-order valence-electron chi connectivity index (χ4n) is 5.25. The van der Waals surface area contributed by atoms with Crippen LogP contribution in [0.2, 0.25) is 0 Å². The van der Waals surface area contributed by atoms with Crippen molar-refractivity contribution in [1.82, 2.24) is 9.80 Å². The van der Waals surface area contributed by atoms with E-state index in [0.29, 0.717) is 26.1 Å². The molecule has 2 bridgehead atoms. The molecule has 3 saturated heterocycles. The fraction of sp³-hybridized carbons (Fsp3) is 0.333. The van der Waals surface area contributed by atoms with Crippen LogP contribution >= 0.6 is 0 Å². The molecule has 3 atom stereocenters. The first-order chi connectivity index (χ1) is 17.6. The highest BCUT2D eigenvalue weighted by Crippen LogP contribution is 2.33. The average molecular weight is 485 g/mol. The van der Waals surface area contributed by atoms with Crippen LogP contribution in [0.25, 0.3) is 0 Å². The van der Waals surface area contributed by atoms with Crippen LogP contribution in [0, 0.1) is 0 Å². The molecule has 36 heavy (non-hydrogen) atoms. The van der Waals surface area contributed by atoms with Gasteiger partial charge in [0.1, 0.15) is 17.8 Å². The van der Waals surface area contributed by atoms with Gasteiger partial charge in [-0.25, -0.2) is 0 Å². The summed E-state index contributed by atoms with van der Waals surface area (Å²) in [5, 5.41) is 0. The molecule has 0 radical (unpaired) electrons. The van der Waals surface area contributed by atoms with Crippen molar-refractivity contribution >= 4 is 11.8 Å². The first-order valence-electron chi connectivity index (χ1n) is 12.6. The molecule has 0 saturated carbocycles. The lowest BCUT2D eigenvalue weighted by atomic mass is 9.88. The molecular formula is C30H32N2O4. The number of nitrogens with zero attached hydrogens (tertiary/aromatic N) is 2. The Hall–Kier alpha value is -3.64. The highest BCUT2D eigenvalue weighted by atomic mass is 16.5. The van der Waals surface area contributed by atoms with Crippen molar-refractivity contribution in [2.75, 3.05) is 7.11 Å². The van der Waals surface area contributed by atoms with Crippen molar-refractivity contribution in [3.05, 3.63) is 102 Å². The Bertz CT molecular complexity index is 1170. The van der Waals surface area contributed by atoms with E-state index < -0.39 is 12.1 Å². The zero-order chi connectivity index (χ0) is 24.9. The third kappa shape index (κ3) is 5.14. The van der Waals surface area contributed by atoms with Gasteiger partial charge in [-0.3, -0.25) is 9.59 Å². The third-order valence-electron chi connectivity index (χ3n) is 7.15. The number of carbonyl (C=O) groups excluding carboxylic acids is 2. The predicted octanol–water partition coefficient (Wildman–Crippen LogP) is 4.57. The number of amides is 2. The fourth-order valence-corrected chi connectivity index (χ4v) is 5.25. The molecule has 3 aromatic rings. The van der Waals surface area contributed by atoms with Crippen molar-refractivity contribution < 1.29 is 19.1 Å². The molecule has 0 aliphatic carbocycles. The van der Waals surface area contributed by atoms with Crippen molar-refractivity contribution in [3.8, 4) is 5.75 Å². The second-order valence-electron chi connectivity index (χ2n) is 9.49. The van der Waals surface area contributed by atoms with Crippen molar-refractivity contribution in [2.24, 2.45) is 0 Å². The molecule has 2 amide bonds. The van der Waals surface area contributed by atoms with Crippen molar-refractivity contribution in [2.45, 2.75) is 57.1 Å². The molecular weight excluding hydrogens is 452 g/mol. The van der Waals surface area contributed by atoms with E-state index in [1.165, 1.54) is 0 Å². The number of hydrogen-bond acceptors (Lipinski definition) is 4. The number of methoxy groups -OCH3 is 1. The van der Waals surface area contributed by atoms with Gasteiger partial charge in [-0.15, -0.1) is 0 Å². The Morgan fingerprint density at radius 1 is 0.722 bits per heavy atom. The molecule has 3 fully saturated rings. The lowest BCUT2D eigenvalue weighted by molar-refractivity contribution is -0.174. The minimum absolute atomic E-state index is 0.000592. The summed E-state index contributed by atoms with van der Waals surface area (Å²) in [5.41, 5.74) is 3.03. The SMILES string of the molecule is COc1ccc(CN2C(=O)[C@@H]3CCC[C@@H](OCc4ccccc4)[C@H]2C(=O)N3Cc2ccccc2)cc1. The molecule has 6 nitrogen and oxygen atoms in total. The van der Waals surface area contributed by atoms with Gasteiger partial charge in [-0.1, -0.05) is 72.8 Å². The van der Waals surface area contributed by atoms with Gasteiger partial charge in [-0.05, 0) is 48.1 Å². The molecule has 3 heterocycles. The van der Waals surface area contributed by atoms with E-state index in [9.17, 15) is 9.59 Å². The normalized spacial score (nSPS) is 21.9. The maximum Gasteiger partial charge on any atom is 0.249 e. The Labute approximate surface area is 212 Å². The van der Waals surface area contributed by atoms with Gasteiger partial charge in [0.15, 0.2) is 0 Å².